The summed E-state index contributed by atoms with van der Waals surface area (Å²) in [5.74, 6) is 0.0308. The van der Waals surface area contributed by atoms with Gasteiger partial charge in [0.15, 0.2) is 0 Å². The van der Waals surface area contributed by atoms with Gasteiger partial charge in [-0.1, -0.05) is 30.3 Å². The topological polar surface area (TPSA) is 32.3 Å². The van der Waals surface area contributed by atoms with E-state index in [2.05, 4.69) is 29.8 Å². The molecule has 1 saturated heterocycles. The number of carbonyl (C=O) groups excluding carboxylic acids is 1. The molecule has 1 aliphatic heterocycles. The van der Waals surface area contributed by atoms with Crippen molar-refractivity contribution in [1.29, 1.82) is 0 Å². The van der Waals surface area contributed by atoms with Crippen LogP contribution in [0.3, 0.4) is 0 Å². The highest BCUT2D eigenvalue weighted by Gasteiger charge is 2.20. The number of benzene rings is 1. The average Bonchev–Trinajstić information content (AvgIpc) is 2.99. The molecular weight excluding hydrogens is 268 g/mol. The Morgan fingerprint density at radius 2 is 1.95 bits per heavy atom. The summed E-state index contributed by atoms with van der Waals surface area (Å²) in [6, 6.07) is 10.4. The second kappa shape index (κ2) is 7.70. The Morgan fingerprint density at radius 3 is 2.60 bits per heavy atom. The largest absolute Gasteiger partial charge is 0.354 e. The van der Waals surface area contributed by atoms with Crippen LogP contribution in [-0.4, -0.2) is 41.7 Å². The summed E-state index contributed by atoms with van der Waals surface area (Å²) >= 11 is 4.42. The third-order valence-corrected chi connectivity index (χ3v) is 4.33. The molecule has 1 fully saturated rings. The Balaban J connectivity index is 1.73. The first kappa shape index (κ1) is 15.4. The minimum Gasteiger partial charge on any atom is -0.354 e. The summed E-state index contributed by atoms with van der Waals surface area (Å²) in [5, 5.41) is 2.75. The van der Waals surface area contributed by atoms with Crippen LogP contribution in [0.1, 0.15) is 25.3 Å². The molecule has 3 nitrogen and oxygen atoms in total. The average molecular weight is 292 g/mol. The molecule has 2 atom stereocenters. The Bertz CT molecular complexity index is 418. The monoisotopic (exact) mass is 292 g/mol. The van der Waals surface area contributed by atoms with Crippen molar-refractivity contribution in [2.24, 2.45) is 0 Å². The zero-order valence-electron chi connectivity index (χ0n) is 12.1. The van der Waals surface area contributed by atoms with Crippen LogP contribution in [0.4, 0.5) is 0 Å². The maximum absolute atomic E-state index is 12.1. The van der Waals surface area contributed by atoms with Crippen molar-refractivity contribution in [3.05, 3.63) is 35.9 Å². The Labute approximate surface area is 127 Å². The third-order valence-electron chi connectivity index (χ3n) is 3.91. The lowest BCUT2D eigenvalue weighted by atomic mass is 10.1. The number of hydrogen-bond donors (Lipinski definition) is 2. The molecule has 0 aromatic heterocycles. The highest BCUT2D eigenvalue weighted by atomic mass is 32.1. The number of amides is 1. The van der Waals surface area contributed by atoms with Crippen LogP contribution in [-0.2, 0) is 11.2 Å². The van der Waals surface area contributed by atoms with Gasteiger partial charge < -0.3 is 5.32 Å². The molecule has 20 heavy (non-hydrogen) atoms. The van der Waals surface area contributed by atoms with E-state index in [9.17, 15) is 4.79 Å². The highest BCUT2D eigenvalue weighted by Crippen LogP contribution is 2.11. The van der Waals surface area contributed by atoms with E-state index in [0.29, 0.717) is 19.0 Å². The van der Waals surface area contributed by atoms with Crippen molar-refractivity contribution in [1.82, 2.24) is 10.2 Å². The summed E-state index contributed by atoms with van der Waals surface area (Å²) in [7, 11) is 0. The molecule has 2 unspecified atom stereocenters. The minimum atomic E-state index is -0.275. The van der Waals surface area contributed by atoms with Crippen LogP contribution in [0.15, 0.2) is 30.3 Å². The van der Waals surface area contributed by atoms with Crippen LogP contribution in [0.2, 0.25) is 0 Å². The van der Waals surface area contributed by atoms with Crippen LogP contribution < -0.4 is 5.32 Å². The van der Waals surface area contributed by atoms with Crippen LogP contribution >= 0.6 is 12.6 Å². The fourth-order valence-corrected chi connectivity index (χ4v) is 2.91. The molecule has 110 valence electrons. The molecule has 0 saturated carbocycles. The number of rotatable bonds is 6. The smallest absolute Gasteiger partial charge is 0.233 e. The molecule has 0 spiro atoms. The molecule has 1 heterocycles. The molecule has 4 heteroatoms. The van der Waals surface area contributed by atoms with E-state index in [1.807, 2.05) is 30.3 Å². The predicted octanol–water partition coefficient (Wildman–Crippen LogP) is 2.13. The predicted molar refractivity (Wildman–Crippen MR) is 86.2 cm³/mol. The van der Waals surface area contributed by atoms with Gasteiger partial charge in [0, 0.05) is 12.6 Å². The van der Waals surface area contributed by atoms with Gasteiger partial charge in [0.05, 0.1) is 5.25 Å². The Hall–Kier alpha value is -1.00. The fourth-order valence-electron chi connectivity index (χ4n) is 2.61. The maximum atomic E-state index is 12.1. The van der Waals surface area contributed by atoms with Crippen molar-refractivity contribution >= 4 is 18.5 Å². The number of hydrogen-bond acceptors (Lipinski definition) is 3. The first-order valence-electron chi connectivity index (χ1n) is 7.40. The van der Waals surface area contributed by atoms with Gasteiger partial charge >= 0.3 is 0 Å². The molecule has 2 rings (SSSR count). The van der Waals surface area contributed by atoms with Gasteiger partial charge in [-0.25, -0.2) is 0 Å². The van der Waals surface area contributed by atoms with E-state index in [4.69, 9.17) is 0 Å². The number of likely N-dealkylation sites (tertiary alicyclic amines) is 1. The maximum Gasteiger partial charge on any atom is 0.233 e. The molecule has 0 aliphatic carbocycles. The van der Waals surface area contributed by atoms with E-state index in [1.165, 1.54) is 12.8 Å². The lowest BCUT2D eigenvalue weighted by Gasteiger charge is -2.24. The molecule has 0 bridgehead atoms. The first-order valence-corrected chi connectivity index (χ1v) is 7.92. The van der Waals surface area contributed by atoms with Crippen molar-refractivity contribution in [3.63, 3.8) is 0 Å². The van der Waals surface area contributed by atoms with E-state index >= 15 is 0 Å². The summed E-state index contributed by atoms with van der Waals surface area (Å²) in [6.07, 6.45) is 3.23. The van der Waals surface area contributed by atoms with Gasteiger partial charge in [-0.15, -0.1) is 0 Å². The standard InChI is InChI=1S/C16H24N2OS/c1-13(18-9-5-6-10-18)12-17-16(19)15(20)11-14-7-3-2-4-8-14/h2-4,7-8,13,15,20H,5-6,9-12H2,1H3,(H,17,19). The highest BCUT2D eigenvalue weighted by molar-refractivity contribution is 7.81. The molecule has 1 amide bonds. The molecule has 1 aliphatic rings. The van der Waals surface area contributed by atoms with Gasteiger partial charge in [0.1, 0.15) is 0 Å². The van der Waals surface area contributed by atoms with E-state index < -0.39 is 0 Å². The number of nitrogens with zero attached hydrogens (tertiary/aromatic N) is 1. The summed E-state index contributed by atoms with van der Waals surface area (Å²) < 4.78 is 0. The van der Waals surface area contributed by atoms with E-state index in [1.54, 1.807) is 0 Å². The summed E-state index contributed by atoms with van der Waals surface area (Å²) in [4.78, 5) is 14.5. The quantitative estimate of drug-likeness (QED) is 0.787. The fraction of sp³-hybridized carbons (Fsp3) is 0.562. The second-order valence-corrected chi connectivity index (χ2v) is 6.17. The lowest BCUT2D eigenvalue weighted by molar-refractivity contribution is -0.120. The van der Waals surface area contributed by atoms with Gasteiger partial charge in [0.2, 0.25) is 5.91 Å². The zero-order chi connectivity index (χ0) is 14.4. The number of thiol groups is 1. The van der Waals surface area contributed by atoms with Gasteiger partial charge in [-0.05, 0) is 44.8 Å². The lowest BCUT2D eigenvalue weighted by Crippen LogP contribution is -2.43. The van der Waals surface area contributed by atoms with Crippen LogP contribution in [0, 0.1) is 0 Å². The van der Waals surface area contributed by atoms with Crippen molar-refractivity contribution < 1.29 is 4.79 Å². The van der Waals surface area contributed by atoms with Crippen molar-refractivity contribution in [2.75, 3.05) is 19.6 Å². The molecule has 1 aromatic carbocycles. The summed E-state index contributed by atoms with van der Waals surface area (Å²) in [6.45, 7) is 5.21. The Morgan fingerprint density at radius 1 is 1.30 bits per heavy atom. The molecule has 0 radical (unpaired) electrons. The van der Waals surface area contributed by atoms with E-state index in [-0.39, 0.29) is 11.2 Å². The Kier molecular flexibility index (Phi) is 5.92. The molecule has 1 aromatic rings. The SMILES string of the molecule is CC(CNC(=O)C(S)Cc1ccccc1)N1CCCC1. The summed E-state index contributed by atoms with van der Waals surface area (Å²) in [5.41, 5.74) is 1.15. The van der Waals surface area contributed by atoms with Crippen LogP contribution in [0.5, 0.6) is 0 Å². The zero-order valence-corrected chi connectivity index (χ0v) is 13.0. The van der Waals surface area contributed by atoms with Crippen molar-refractivity contribution in [3.8, 4) is 0 Å². The minimum absolute atomic E-state index is 0.0308. The third kappa shape index (κ3) is 4.53. The van der Waals surface area contributed by atoms with Gasteiger partial charge in [-0.2, -0.15) is 12.6 Å². The number of nitrogens with one attached hydrogen (secondary N) is 1. The van der Waals surface area contributed by atoms with Gasteiger partial charge in [0.25, 0.3) is 0 Å². The normalized spacial score (nSPS) is 18.7. The van der Waals surface area contributed by atoms with Gasteiger partial charge in [-0.3, -0.25) is 9.69 Å². The second-order valence-electron chi connectivity index (χ2n) is 5.54. The molecular formula is C16H24N2OS. The van der Waals surface area contributed by atoms with Crippen LogP contribution in [0.25, 0.3) is 0 Å². The molecule has 1 N–H and O–H groups in total. The van der Waals surface area contributed by atoms with E-state index in [0.717, 1.165) is 18.7 Å². The number of carbonyl (C=O) groups is 1. The van der Waals surface area contributed by atoms with Crippen molar-refractivity contribution in [2.45, 2.75) is 37.5 Å². The first-order chi connectivity index (χ1) is 9.66.